The Kier molecular flexibility index (Phi) is 7.18. The lowest BCUT2D eigenvalue weighted by molar-refractivity contribution is -0.128. The van der Waals surface area contributed by atoms with Gasteiger partial charge < -0.3 is 10.6 Å². The number of hydrogen-bond acceptors (Lipinski definition) is 4. The highest BCUT2D eigenvalue weighted by Gasteiger charge is 2.41. The molecule has 3 rings (SSSR count). The second kappa shape index (κ2) is 9.47. The highest BCUT2D eigenvalue weighted by atomic mass is 32.2. The minimum absolute atomic E-state index is 0.0514. The molecule has 0 radical (unpaired) electrons. The van der Waals surface area contributed by atoms with Gasteiger partial charge in [-0.15, -0.1) is 0 Å². The minimum Gasteiger partial charge on any atom is -0.354 e. The van der Waals surface area contributed by atoms with E-state index in [0.29, 0.717) is 25.9 Å². The molecule has 0 bridgehead atoms. The predicted molar refractivity (Wildman–Crippen MR) is 116 cm³/mol. The lowest BCUT2D eigenvalue weighted by Gasteiger charge is -2.36. The molecule has 1 saturated carbocycles. The molecule has 0 spiro atoms. The van der Waals surface area contributed by atoms with E-state index in [4.69, 9.17) is 0 Å². The van der Waals surface area contributed by atoms with Crippen molar-refractivity contribution in [2.45, 2.75) is 81.7 Å². The number of amides is 2. The van der Waals surface area contributed by atoms with Gasteiger partial charge in [-0.25, -0.2) is 8.42 Å². The zero-order valence-corrected chi connectivity index (χ0v) is 18.8. The Morgan fingerprint density at radius 3 is 2.53 bits per heavy atom. The van der Waals surface area contributed by atoms with Crippen LogP contribution in [0.15, 0.2) is 29.2 Å². The highest BCUT2D eigenvalue weighted by molar-refractivity contribution is 7.89. The van der Waals surface area contributed by atoms with E-state index in [-0.39, 0.29) is 22.4 Å². The van der Waals surface area contributed by atoms with Gasteiger partial charge in [0.05, 0.1) is 4.90 Å². The Hall–Kier alpha value is -1.93. The maximum atomic E-state index is 13.1. The van der Waals surface area contributed by atoms with Crippen molar-refractivity contribution in [2.24, 2.45) is 0 Å². The van der Waals surface area contributed by atoms with Gasteiger partial charge in [0.15, 0.2) is 0 Å². The van der Waals surface area contributed by atoms with Crippen molar-refractivity contribution in [1.82, 2.24) is 14.9 Å². The second-order valence-electron chi connectivity index (χ2n) is 8.44. The Morgan fingerprint density at radius 2 is 1.87 bits per heavy atom. The zero-order valence-electron chi connectivity index (χ0n) is 17.9. The summed E-state index contributed by atoms with van der Waals surface area (Å²) in [5.74, 6) is -0.573. The molecule has 166 valence electrons. The smallest absolute Gasteiger partial charge is 0.252 e. The first-order valence-electron chi connectivity index (χ1n) is 11.0. The van der Waals surface area contributed by atoms with Gasteiger partial charge >= 0.3 is 0 Å². The summed E-state index contributed by atoms with van der Waals surface area (Å²) in [6, 6.07) is 6.11. The molecule has 1 aliphatic carbocycles. The first-order valence-corrected chi connectivity index (χ1v) is 12.5. The number of carbonyl (C=O) groups is 2. The molecule has 1 unspecified atom stereocenters. The van der Waals surface area contributed by atoms with Crippen LogP contribution in [-0.2, 0) is 14.8 Å². The van der Waals surface area contributed by atoms with Gasteiger partial charge in [0, 0.05) is 24.7 Å². The van der Waals surface area contributed by atoms with Crippen molar-refractivity contribution in [3.8, 4) is 0 Å². The number of rotatable bonds is 6. The zero-order chi connectivity index (χ0) is 21.8. The molecule has 1 aliphatic heterocycles. The van der Waals surface area contributed by atoms with E-state index in [0.717, 1.165) is 38.5 Å². The number of hydrogen-bond donors (Lipinski definition) is 2. The van der Waals surface area contributed by atoms with Crippen LogP contribution in [0.3, 0.4) is 0 Å². The van der Waals surface area contributed by atoms with E-state index in [1.165, 1.54) is 16.4 Å². The third-order valence-corrected chi connectivity index (χ3v) is 8.29. The van der Waals surface area contributed by atoms with Gasteiger partial charge in [-0.1, -0.05) is 31.7 Å². The van der Waals surface area contributed by atoms with Crippen LogP contribution in [0, 0.1) is 0 Å². The van der Waals surface area contributed by atoms with Crippen LogP contribution in [0.25, 0.3) is 0 Å². The maximum Gasteiger partial charge on any atom is 0.252 e. The van der Waals surface area contributed by atoms with Crippen molar-refractivity contribution in [3.63, 3.8) is 0 Å². The molecule has 30 heavy (non-hydrogen) atoms. The first kappa shape index (κ1) is 22.7. The summed E-state index contributed by atoms with van der Waals surface area (Å²) in [6.45, 7) is 4.77. The molecule has 2 amide bonds. The summed E-state index contributed by atoms with van der Waals surface area (Å²) in [6.07, 6.45) is 6.68. The van der Waals surface area contributed by atoms with Gasteiger partial charge in [-0.05, 0) is 57.7 Å². The number of carbonyl (C=O) groups excluding carboxylic acids is 2. The summed E-state index contributed by atoms with van der Waals surface area (Å²) in [4.78, 5) is 25.9. The summed E-state index contributed by atoms with van der Waals surface area (Å²) in [5.41, 5.74) is -0.670. The molecule has 7 nitrogen and oxygen atoms in total. The summed E-state index contributed by atoms with van der Waals surface area (Å²) in [5, 5.41) is 5.78. The van der Waals surface area contributed by atoms with Crippen molar-refractivity contribution in [1.29, 1.82) is 0 Å². The SMILES string of the molecule is CCNC(=O)C1(NC(=O)c2cccc(S(=O)(=O)N3CCCCC3C)c2)CCCCC1. The number of sulfonamides is 1. The molecule has 1 atom stereocenters. The van der Waals surface area contributed by atoms with Gasteiger partial charge in [-0.3, -0.25) is 9.59 Å². The summed E-state index contributed by atoms with van der Waals surface area (Å²) in [7, 11) is -3.67. The molecule has 0 aromatic heterocycles. The largest absolute Gasteiger partial charge is 0.354 e. The lowest BCUT2D eigenvalue weighted by Crippen LogP contribution is -2.59. The number of piperidine rings is 1. The molecule has 8 heteroatoms. The fourth-order valence-corrected chi connectivity index (χ4v) is 6.29. The molecule has 2 fully saturated rings. The minimum atomic E-state index is -3.67. The van der Waals surface area contributed by atoms with E-state index in [9.17, 15) is 18.0 Å². The molecule has 1 aromatic rings. The van der Waals surface area contributed by atoms with Gasteiger partial charge in [-0.2, -0.15) is 4.31 Å². The predicted octanol–water partition coefficient (Wildman–Crippen LogP) is 2.82. The van der Waals surface area contributed by atoms with Crippen LogP contribution in [0.2, 0.25) is 0 Å². The fraction of sp³-hybridized carbons (Fsp3) is 0.636. The summed E-state index contributed by atoms with van der Waals surface area (Å²) >= 11 is 0. The van der Waals surface area contributed by atoms with Crippen LogP contribution < -0.4 is 10.6 Å². The molecule has 2 aliphatic rings. The molecule has 1 heterocycles. The highest BCUT2D eigenvalue weighted by Crippen LogP contribution is 2.30. The van der Waals surface area contributed by atoms with Gasteiger partial charge in [0.2, 0.25) is 15.9 Å². The monoisotopic (exact) mass is 435 g/mol. The Bertz CT molecular complexity index is 878. The molecule has 1 aromatic carbocycles. The van der Waals surface area contributed by atoms with E-state index in [2.05, 4.69) is 10.6 Å². The Balaban J connectivity index is 1.84. The lowest BCUT2D eigenvalue weighted by atomic mass is 9.80. The molecule has 1 saturated heterocycles. The van der Waals surface area contributed by atoms with E-state index in [1.807, 2.05) is 13.8 Å². The second-order valence-corrected chi connectivity index (χ2v) is 10.3. The van der Waals surface area contributed by atoms with E-state index >= 15 is 0 Å². The van der Waals surface area contributed by atoms with Gasteiger partial charge in [0.25, 0.3) is 5.91 Å². The normalized spacial score (nSPS) is 22.3. The van der Waals surface area contributed by atoms with Crippen LogP contribution in [0.5, 0.6) is 0 Å². The summed E-state index contributed by atoms with van der Waals surface area (Å²) < 4.78 is 27.8. The first-order chi connectivity index (χ1) is 14.3. The number of nitrogens with zero attached hydrogens (tertiary/aromatic N) is 1. The maximum absolute atomic E-state index is 13.1. The average Bonchev–Trinajstić information content (AvgIpc) is 2.75. The third-order valence-electron chi connectivity index (χ3n) is 6.28. The van der Waals surface area contributed by atoms with Crippen LogP contribution in [0.4, 0.5) is 0 Å². The van der Waals surface area contributed by atoms with Crippen molar-refractivity contribution < 1.29 is 18.0 Å². The van der Waals surface area contributed by atoms with Crippen LogP contribution >= 0.6 is 0 Å². The average molecular weight is 436 g/mol. The van der Waals surface area contributed by atoms with Gasteiger partial charge in [0.1, 0.15) is 5.54 Å². The fourth-order valence-electron chi connectivity index (χ4n) is 4.55. The molecule has 2 N–H and O–H groups in total. The topological polar surface area (TPSA) is 95.6 Å². The molecular formula is C22H33N3O4S. The number of benzene rings is 1. The molecular weight excluding hydrogens is 402 g/mol. The Morgan fingerprint density at radius 1 is 1.13 bits per heavy atom. The van der Waals surface area contributed by atoms with Crippen molar-refractivity contribution in [3.05, 3.63) is 29.8 Å². The Labute approximate surface area is 179 Å². The standard InChI is InChI=1S/C22H33N3O4S/c1-3-23-21(27)22(13-6-4-7-14-22)24-20(26)18-11-9-12-19(16-18)30(28,29)25-15-8-5-10-17(25)2/h9,11-12,16-17H,3-8,10,13-15H2,1-2H3,(H,23,27)(H,24,26). The van der Waals surface area contributed by atoms with Crippen molar-refractivity contribution >= 4 is 21.8 Å². The number of nitrogens with one attached hydrogen (secondary N) is 2. The number of likely N-dealkylation sites (N-methyl/N-ethyl adjacent to an activating group) is 1. The van der Waals surface area contributed by atoms with Crippen LogP contribution in [-0.4, -0.2) is 49.2 Å². The third kappa shape index (κ3) is 4.70. The van der Waals surface area contributed by atoms with Crippen molar-refractivity contribution in [2.75, 3.05) is 13.1 Å². The van der Waals surface area contributed by atoms with E-state index in [1.54, 1.807) is 12.1 Å². The van der Waals surface area contributed by atoms with E-state index < -0.39 is 21.5 Å². The quantitative estimate of drug-likeness (QED) is 0.718. The van der Waals surface area contributed by atoms with Crippen LogP contribution in [0.1, 0.15) is 75.6 Å².